The van der Waals surface area contributed by atoms with Gasteiger partial charge in [0, 0.05) is 9.30 Å². The lowest BCUT2D eigenvalue weighted by atomic mass is 10.0. The molecule has 0 radical (unpaired) electrons. The maximum atomic E-state index is 5.21. The standard InChI is InChI=1S/C16H16Br2O2/c1-19-12-5-3-11(4-6-12)9-15(17)14-8-7-13(20-2)10-16(14)18/h3-8,10,15H,9H2,1-2H3. The highest BCUT2D eigenvalue weighted by Crippen LogP contribution is 2.34. The minimum absolute atomic E-state index is 0.246. The van der Waals surface area contributed by atoms with Crippen LogP contribution in [0.15, 0.2) is 46.9 Å². The summed E-state index contributed by atoms with van der Waals surface area (Å²) < 4.78 is 11.4. The SMILES string of the molecule is COc1ccc(CC(Br)c2ccc(OC)cc2Br)cc1. The smallest absolute Gasteiger partial charge is 0.120 e. The topological polar surface area (TPSA) is 18.5 Å². The normalized spacial score (nSPS) is 12.0. The first kappa shape index (κ1) is 15.4. The zero-order chi connectivity index (χ0) is 14.5. The lowest BCUT2D eigenvalue weighted by Crippen LogP contribution is -1.97. The fourth-order valence-corrected chi connectivity index (χ4v) is 3.68. The quantitative estimate of drug-likeness (QED) is 0.647. The van der Waals surface area contributed by atoms with Crippen LogP contribution in [-0.2, 0) is 6.42 Å². The Morgan fingerprint density at radius 3 is 2.10 bits per heavy atom. The zero-order valence-electron chi connectivity index (χ0n) is 11.4. The molecule has 0 fully saturated rings. The third-order valence-corrected chi connectivity index (χ3v) is 4.62. The van der Waals surface area contributed by atoms with Crippen LogP contribution in [0.2, 0.25) is 0 Å². The number of halogens is 2. The molecule has 2 rings (SSSR count). The number of alkyl halides is 1. The second-order valence-electron chi connectivity index (χ2n) is 4.41. The van der Waals surface area contributed by atoms with Crippen molar-refractivity contribution < 1.29 is 9.47 Å². The van der Waals surface area contributed by atoms with Crippen LogP contribution < -0.4 is 9.47 Å². The predicted octanol–water partition coefficient (Wildman–Crippen LogP) is 5.15. The highest BCUT2D eigenvalue weighted by molar-refractivity contribution is 9.11. The van der Waals surface area contributed by atoms with Gasteiger partial charge in [-0.05, 0) is 41.8 Å². The first-order valence-electron chi connectivity index (χ1n) is 6.24. The van der Waals surface area contributed by atoms with Crippen molar-refractivity contribution in [3.63, 3.8) is 0 Å². The Morgan fingerprint density at radius 1 is 0.950 bits per heavy atom. The van der Waals surface area contributed by atoms with Gasteiger partial charge in [-0.25, -0.2) is 0 Å². The maximum absolute atomic E-state index is 5.21. The van der Waals surface area contributed by atoms with E-state index in [0.717, 1.165) is 22.4 Å². The van der Waals surface area contributed by atoms with Gasteiger partial charge < -0.3 is 9.47 Å². The van der Waals surface area contributed by atoms with E-state index in [0.29, 0.717) is 0 Å². The number of benzene rings is 2. The van der Waals surface area contributed by atoms with Crippen LogP contribution in [0.1, 0.15) is 16.0 Å². The summed E-state index contributed by atoms with van der Waals surface area (Å²) in [6.07, 6.45) is 0.912. The van der Waals surface area contributed by atoms with Gasteiger partial charge >= 0.3 is 0 Å². The summed E-state index contributed by atoms with van der Waals surface area (Å²) in [5.41, 5.74) is 2.47. The molecule has 0 saturated heterocycles. The van der Waals surface area contributed by atoms with Crippen molar-refractivity contribution in [3.05, 3.63) is 58.1 Å². The Morgan fingerprint density at radius 2 is 1.55 bits per heavy atom. The number of hydrogen-bond acceptors (Lipinski definition) is 2. The van der Waals surface area contributed by atoms with Gasteiger partial charge in [-0.1, -0.05) is 50.1 Å². The van der Waals surface area contributed by atoms with Crippen LogP contribution in [0.5, 0.6) is 11.5 Å². The molecule has 0 N–H and O–H groups in total. The van der Waals surface area contributed by atoms with E-state index in [-0.39, 0.29) is 4.83 Å². The van der Waals surface area contributed by atoms with Crippen molar-refractivity contribution >= 4 is 31.9 Å². The lowest BCUT2D eigenvalue weighted by molar-refractivity contribution is 0.414. The molecular weight excluding hydrogens is 384 g/mol. The molecule has 2 aromatic carbocycles. The average molecular weight is 400 g/mol. The summed E-state index contributed by atoms with van der Waals surface area (Å²) >= 11 is 7.35. The summed E-state index contributed by atoms with van der Waals surface area (Å²) in [6, 6.07) is 14.2. The summed E-state index contributed by atoms with van der Waals surface area (Å²) in [4.78, 5) is 0.246. The zero-order valence-corrected chi connectivity index (χ0v) is 14.6. The summed E-state index contributed by atoms with van der Waals surface area (Å²) in [6.45, 7) is 0. The van der Waals surface area contributed by atoms with Crippen LogP contribution in [-0.4, -0.2) is 14.2 Å². The molecule has 0 heterocycles. The number of ether oxygens (including phenoxy) is 2. The van der Waals surface area contributed by atoms with Gasteiger partial charge in [0.15, 0.2) is 0 Å². The summed E-state index contributed by atoms with van der Waals surface area (Å²) in [5, 5.41) is 0. The Balaban J connectivity index is 2.12. The van der Waals surface area contributed by atoms with Crippen LogP contribution in [0.25, 0.3) is 0 Å². The van der Waals surface area contributed by atoms with Crippen molar-refractivity contribution in [2.45, 2.75) is 11.2 Å². The Kier molecular flexibility index (Phi) is 5.49. The van der Waals surface area contributed by atoms with E-state index < -0.39 is 0 Å². The third kappa shape index (κ3) is 3.76. The Hall–Kier alpha value is -1.00. The molecule has 2 nitrogen and oxygen atoms in total. The molecule has 0 spiro atoms. The van der Waals surface area contributed by atoms with E-state index >= 15 is 0 Å². The first-order valence-corrected chi connectivity index (χ1v) is 7.95. The van der Waals surface area contributed by atoms with Gasteiger partial charge in [0.2, 0.25) is 0 Å². The number of rotatable bonds is 5. The van der Waals surface area contributed by atoms with Crippen LogP contribution in [0, 0.1) is 0 Å². The average Bonchev–Trinajstić information content (AvgIpc) is 2.47. The van der Waals surface area contributed by atoms with Crippen LogP contribution in [0.3, 0.4) is 0 Å². The highest BCUT2D eigenvalue weighted by Gasteiger charge is 2.12. The van der Waals surface area contributed by atoms with Crippen molar-refractivity contribution in [3.8, 4) is 11.5 Å². The molecule has 0 bridgehead atoms. The molecule has 0 aliphatic heterocycles. The molecule has 20 heavy (non-hydrogen) atoms. The van der Waals surface area contributed by atoms with Crippen molar-refractivity contribution in [1.29, 1.82) is 0 Å². The van der Waals surface area contributed by atoms with Crippen molar-refractivity contribution in [2.24, 2.45) is 0 Å². The Bertz CT molecular complexity index is 567. The van der Waals surface area contributed by atoms with E-state index in [9.17, 15) is 0 Å². The minimum atomic E-state index is 0.246. The van der Waals surface area contributed by atoms with Gasteiger partial charge in [0.25, 0.3) is 0 Å². The highest BCUT2D eigenvalue weighted by atomic mass is 79.9. The fraction of sp³-hybridized carbons (Fsp3) is 0.250. The number of hydrogen-bond donors (Lipinski definition) is 0. The first-order chi connectivity index (χ1) is 9.63. The van der Waals surface area contributed by atoms with Gasteiger partial charge in [0.05, 0.1) is 14.2 Å². The van der Waals surface area contributed by atoms with Crippen molar-refractivity contribution in [1.82, 2.24) is 0 Å². The lowest BCUT2D eigenvalue weighted by Gasteiger charge is -2.13. The van der Waals surface area contributed by atoms with E-state index in [1.165, 1.54) is 11.1 Å². The van der Waals surface area contributed by atoms with Gasteiger partial charge in [-0.15, -0.1) is 0 Å². The molecule has 2 aromatic rings. The second-order valence-corrected chi connectivity index (χ2v) is 6.37. The predicted molar refractivity (Wildman–Crippen MR) is 89.1 cm³/mol. The fourth-order valence-electron chi connectivity index (χ4n) is 1.97. The summed E-state index contributed by atoms with van der Waals surface area (Å²) in [7, 11) is 3.35. The largest absolute Gasteiger partial charge is 0.497 e. The van der Waals surface area contributed by atoms with E-state index in [1.807, 2.05) is 24.3 Å². The number of methoxy groups -OCH3 is 2. The minimum Gasteiger partial charge on any atom is -0.497 e. The van der Waals surface area contributed by atoms with Gasteiger partial charge in [-0.2, -0.15) is 0 Å². The van der Waals surface area contributed by atoms with Crippen molar-refractivity contribution in [2.75, 3.05) is 14.2 Å². The van der Waals surface area contributed by atoms with E-state index in [2.05, 4.69) is 50.1 Å². The van der Waals surface area contributed by atoms with E-state index in [1.54, 1.807) is 14.2 Å². The molecule has 4 heteroatoms. The molecule has 0 aromatic heterocycles. The molecule has 0 amide bonds. The monoisotopic (exact) mass is 398 g/mol. The molecule has 0 aliphatic rings. The second kappa shape index (κ2) is 7.14. The molecule has 0 saturated carbocycles. The molecule has 0 aliphatic carbocycles. The molecule has 106 valence electrons. The summed E-state index contributed by atoms with van der Waals surface area (Å²) in [5.74, 6) is 1.73. The van der Waals surface area contributed by atoms with E-state index in [4.69, 9.17) is 9.47 Å². The Labute approximate surface area is 136 Å². The van der Waals surface area contributed by atoms with Crippen LogP contribution >= 0.6 is 31.9 Å². The maximum Gasteiger partial charge on any atom is 0.120 e. The molecular formula is C16H16Br2O2. The molecule has 1 atom stereocenters. The van der Waals surface area contributed by atoms with Gasteiger partial charge in [0.1, 0.15) is 11.5 Å². The van der Waals surface area contributed by atoms with Crippen LogP contribution in [0.4, 0.5) is 0 Å². The molecule has 1 unspecified atom stereocenters. The third-order valence-electron chi connectivity index (χ3n) is 3.12. The van der Waals surface area contributed by atoms with Gasteiger partial charge in [-0.3, -0.25) is 0 Å².